The van der Waals surface area contributed by atoms with Crippen molar-refractivity contribution in [1.29, 1.82) is 0 Å². The van der Waals surface area contributed by atoms with E-state index in [9.17, 15) is 4.39 Å². The molecule has 72 valence electrons. The Morgan fingerprint density at radius 2 is 2.00 bits per heavy atom. The molecular formula is C10H14FNO. The van der Waals surface area contributed by atoms with Crippen LogP contribution in [0.5, 0.6) is 0 Å². The van der Waals surface area contributed by atoms with Gasteiger partial charge in [0.05, 0.1) is 6.61 Å². The van der Waals surface area contributed by atoms with Crippen molar-refractivity contribution in [3.63, 3.8) is 0 Å². The van der Waals surface area contributed by atoms with E-state index < -0.39 is 5.67 Å². The smallest absolute Gasteiger partial charge is 0.171 e. The summed E-state index contributed by atoms with van der Waals surface area (Å²) in [6.45, 7) is -0.0711. The van der Waals surface area contributed by atoms with Gasteiger partial charge in [-0.25, -0.2) is 4.39 Å². The third-order valence-electron chi connectivity index (χ3n) is 1.99. The third kappa shape index (κ3) is 2.26. The zero-order valence-electron chi connectivity index (χ0n) is 7.66. The van der Waals surface area contributed by atoms with E-state index in [4.69, 9.17) is 10.5 Å². The highest BCUT2D eigenvalue weighted by atomic mass is 19.1. The Kier molecular flexibility index (Phi) is 3.39. The maximum atomic E-state index is 14.0. The molecule has 0 aliphatic rings. The molecule has 3 heteroatoms. The Labute approximate surface area is 77.5 Å². The second-order valence-electron chi connectivity index (χ2n) is 2.97. The van der Waals surface area contributed by atoms with Gasteiger partial charge in [-0.05, 0) is 5.56 Å². The maximum Gasteiger partial charge on any atom is 0.171 e. The first kappa shape index (κ1) is 10.2. The molecule has 2 N–H and O–H groups in total. The van der Waals surface area contributed by atoms with Crippen LogP contribution in [0.25, 0.3) is 0 Å². The van der Waals surface area contributed by atoms with Gasteiger partial charge in [-0.3, -0.25) is 0 Å². The van der Waals surface area contributed by atoms with Crippen LogP contribution < -0.4 is 5.73 Å². The van der Waals surface area contributed by atoms with E-state index in [1.165, 1.54) is 7.11 Å². The van der Waals surface area contributed by atoms with E-state index in [2.05, 4.69) is 0 Å². The normalized spacial score (nSPS) is 15.3. The molecule has 1 aromatic carbocycles. The fraction of sp³-hybridized carbons (Fsp3) is 0.400. The zero-order chi connectivity index (χ0) is 9.73. The van der Waals surface area contributed by atoms with Gasteiger partial charge in [0.1, 0.15) is 0 Å². The third-order valence-corrected chi connectivity index (χ3v) is 1.99. The Morgan fingerprint density at radius 1 is 1.38 bits per heavy atom. The van der Waals surface area contributed by atoms with E-state index in [0.717, 1.165) is 0 Å². The summed E-state index contributed by atoms with van der Waals surface area (Å²) in [4.78, 5) is 0. The molecule has 0 amide bonds. The van der Waals surface area contributed by atoms with Crippen LogP contribution in [-0.2, 0) is 10.4 Å². The van der Waals surface area contributed by atoms with E-state index in [1.54, 1.807) is 24.3 Å². The van der Waals surface area contributed by atoms with Crippen LogP contribution in [0.3, 0.4) is 0 Å². The molecule has 1 unspecified atom stereocenters. The summed E-state index contributed by atoms with van der Waals surface area (Å²) in [6.07, 6.45) is 0. The summed E-state index contributed by atoms with van der Waals surface area (Å²) in [6, 6.07) is 8.84. The highest BCUT2D eigenvalue weighted by Gasteiger charge is 2.29. The largest absolute Gasteiger partial charge is 0.381 e. The van der Waals surface area contributed by atoms with Crippen LogP contribution in [-0.4, -0.2) is 20.3 Å². The van der Waals surface area contributed by atoms with Crippen molar-refractivity contribution in [1.82, 2.24) is 0 Å². The van der Waals surface area contributed by atoms with Gasteiger partial charge in [0, 0.05) is 13.7 Å². The van der Waals surface area contributed by atoms with Gasteiger partial charge in [0.15, 0.2) is 5.67 Å². The molecule has 0 saturated carbocycles. The molecule has 0 aliphatic carbocycles. The van der Waals surface area contributed by atoms with Gasteiger partial charge >= 0.3 is 0 Å². The predicted octanol–water partition coefficient (Wildman–Crippen LogP) is 1.46. The van der Waals surface area contributed by atoms with Crippen molar-refractivity contribution >= 4 is 0 Å². The van der Waals surface area contributed by atoms with Crippen LogP contribution >= 0.6 is 0 Å². The second kappa shape index (κ2) is 4.35. The number of alkyl halides is 1. The number of methoxy groups -OCH3 is 1. The average Bonchev–Trinajstić information content (AvgIpc) is 2.19. The monoisotopic (exact) mass is 183 g/mol. The Morgan fingerprint density at radius 3 is 2.46 bits per heavy atom. The number of benzene rings is 1. The maximum absolute atomic E-state index is 14.0. The lowest BCUT2D eigenvalue weighted by Crippen LogP contribution is -2.34. The van der Waals surface area contributed by atoms with Crippen molar-refractivity contribution in [2.75, 3.05) is 20.3 Å². The summed E-state index contributed by atoms with van der Waals surface area (Å²) in [7, 11) is 1.47. The minimum absolute atomic E-state index is 0.00644. The summed E-state index contributed by atoms with van der Waals surface area (Å²) in [5.41, 5.74) is 4.38. The topological polar surface area (TPSA) is 35.2 Å². The van der Waals surface area contributed by atoms with Crippen LogP contribution in [0.2, 0.25) is 0 Å². The summed E-state index contributed by atoms with van der Waals surface area (Å²) in [5, 5.41) is 0. The van der Waals surface area contributed by atoms with Crippen molar-refractivity contribution in [2.45, 2.75) is 5.67 Å². The second-order valence-corrected chi connectivity index (χ2v) is 2.97. The number of rotatable bonds is 4. The molecule has 1 rings (SSSR count). The molecule has 0 aliphatic heterocycles. The van der Waals surface area contributed by atoms with Crippen LogP contribution in [0, 0.1) is 0 Å². The molecule has 1 atom stereocenters. The molecule has 0 saturated heterocycles. The number of hydrogen-bond donors (Lipinski definition) is 1. The fourth-order valence-corrected chi connectivity index (χ4v) is 1.23. The standard InChI is InChI=1S/C10H14FNO/c1-13-8-10(11,7-12)9-5-3-2-4-6-9/h2-6H,7-8,12H2,1H3. The molecule has 0 bridgehead atoms. The molecule has 0 aromatic heterocycles. The molecule has 0 spiro atoms. The summed E-state index contributed by atoms with van der Waals surface area (Å²) >= 11 is 0. The van der Waals surface area contributed by atoms with Crippen molar-refractivity contribution in [3.05, 3.63) is 35.9 Å². The first-order valence-electron chi connectivity index (χ1n) is 4.16. The molecular weight excluding hydrogens is 169 g/mol. The Balaban J connectivity index is 2.89. The van der Waals surface area contributed by atoms with Gasteiger partial charge in [0.25, 0.3) is 0 Å². The SMILES string of the molecule is COCC(F)(CN)c1ccccc1. The first-order valence-corrected chi connectivity index (χ1v) is 4.16. The van der Waals surface area contributed by atoms with Gasteiger partial charge in [-0.2, -0.15) is 0 Å². The Bertz CT molecular complexity index is 252. The average molecular weight is 183 g/mol. The molecule has 0 heterocycles. The van der Waals surface area contributed by atoms with Gasteiger partial charge in [-0.1, -0.05) is 30.3 Å². The summed E-state index contributed by atoms with van der Waals surface area (Å²) < 4.78 is 18.8. The van der Waals surface area contributed by atoms with Crippen molar-refractivity contribution in [2.24, 2.45) is 5.73 Å². The number of hydrogen-bond acceptors (Lipinski definition) is 2. The first-order chi connectivity index (χ1) is 6.23. The highest BCUT2D eigenvalue weighted by Crippen LogP contribution is 2.24. The predicted molar refractivity (Wildman–Crippen MR) is 50.2 cm³/mol. The lowest BCUT2D eigenvalue weighted by atomic mass is 9.97. The van der Waals surface area contributed by atoms with E-state index >= 15 is 0 Å². The van der Waals surface area contributed by atoms with Crippen LogP contribution in [0.15, 0.2) is 30.3 Å². The molecule has 1 aromatic rings. The lowest BCUT2D eigenvalue weighted by molar-refractivity contribution is 0.0449. The van der Waals surface area contributed by atoms with E-state index in [0.29, 0.717) is 5.56 Å². The number of halogens is 1. The van der Waals surface area contributed by atoms with E-state index in [1.807, 2.05) is 6.07 Å². The molecule has 0 fully saturated rings. The van der Waals surface area contributed by atoms with Crippen LogP contribution in [0.1, 0.15) is 5.56 Å². The van der Waals surface area contributed by atoms with Gasteiger partial charge in [-0.15, -0.1) is 0 Å². The quantitative estimate of drug-likeness (QED) is 0.767. The van der Waals surface area contributed by atoms with Crippen molar-refractivity contribution in [3.8, 4) is 0 Å². The molecule has 0 radical (unpaired) electrons. The minimum atomic E-state index is -1.56. The van der Waals surface area contributed by atoms with E-state index in [-0.39, 0.29) is 13.2 Å². The summed E-state index contributed by atoms with van der Waals surface area (Å²) in [5.74, 6) is 0. The van der Waals surface area contributed by atoms with Gasteiger partial charge in [0.2, 0.25) is 0 Å². The van der Waals surface area contributed by atoms with Crippen molar-refractivity contribution < 1.29 is 9.13 Å². The zero-order valence-corrected chi connectivity index (χ0v) is 7.66. The van der Waals surface area contributed by atoms with Gasteiger partial charge < -0.3 is 10.5 Å². The number of nitrogens with two attached hydrogens (primary N) is 1. The lowest BCUT2D eigenvalue weighted by Gasteiger charge is -2.22. The number of ether oxygens (including phenoxy) is 1. The fourth-order valence-electron chi connectivity index (χ4n) is 1.23. The minimum Gasteiger partial charge on any atom is -0.381 e. The highest BCUT2D eigenvalue weighted by molar-refractivity contribution is 5.22. The molecule has 13 heavy (non-hydrogen) atoms. The molecule has 2 nitrogen and oxygen atoms in total. The Hall–Kier alpha value is -0.930. The van der Waals surface area contributed by atoms with Crippen LogP contribution in [0.4, 0.5) is 4.39 Å².